The maximum absolute atomic E-state index is 12.4. The van der Waals surface area contributed by atoms with Gasteiger partial charge in [0.15, 0.2) is 0 Å². The number of carbonyl (C=O) groups excluding carboxylic acids is 1. The van der Waals surface area contributed by atoms with Crippen molar-refractivity contribution in [2.75, 3.05) is 6.61 Å². The molecule has 1 N–H and O–H groups in total. The normalized spacial score (nSPS) is 47.2. The van der Waals surface area contributed by atoms with E-state index in [1.54, 1.807) is 0 Å². The molecule has 3 aliphatic carbocycles. The van der Waals surface area contributed by atoms with Crippen LogP contribution in [-0.4, -0.2) is 24.7 Å². The molecular weight excluding hydrogens is 346 g/mol. The molecule has 0 radical (unpaired) electrons. The number of ether oxygens (including phenoxy) is 1. The topological polar surface area (TPSA) is 38.3 Å². The van der Waals surface area contributed by atoms with Crippen LogP contribution in [0.2, 0.25) is 0 Å². The quantitative estimate of drug-likeness (QED) is 0.682. The van der Waals surface area contributed by atoms with Crippen LogP contribution in [0.4, 0.5) is 0 Å². The Morgan fingerprint density at radius 2 is 1.82 bits per heavy atom. The van der Waals surface area contributed by atoms with Crippen molar-refractivity contribution in [2.24, 2.45) is 39.9 Å². The Balaban J connectivity index is 1.71. The van der Waals surface area contributed by atoms with Gasteiger partial charge < -0.3 is 10.1 Å². The van der Waals surface area contributed by atoms with E-state index in [1.807, 2.05) is 0 Å². The molecule has 0 bridgehead atoms. The second-order valence-electron chi connectivity index (χ2n) is 12.2. The first-order chi connectivity index (χ1) is 13.1. The van der Waals surface area contributed by atoms with Crippen LogP contribution in [0.25, 0.3) is 0 Å². The fraction of sp³-hybridized carbons (Fsp3) is 0.960. The Bertz CT molecular complexity index is 614. The highest BCUT2D eigenvalue weighted by Gasteiger charge is 2.66. The number of hydrogen-bond acceptors (Lipinski definition) is 2. The first-order valence-corrected chi connectivity index (χ1v) is 12.0. The molecule has 3 heteroatoms. The average molecular weight is 390 g/mol. The van der Waals surface area contributed by atoms with E-state index in [9.17, 15) is 4.79 Å². The summed E-state index contributed by atoms with van der Waals surface area (Å²) in [4.78, 5) is 12.4. The van der Waals surface area contributed by atoms with E-state index in [1.165, 1.54) is 32.1 Å². The fourth-order valence-electron chi connectivity index (χ4n) is 8.05. The minimum absolute atomic E-state index is 0.104. The summed E-state index contributed by atoms with van der Waals surface area (Å²) in [5, 5.41) is 3.44. The molecule has 0 spiro atoms. The van der Waals surface area contributed by atoms with E-state index in [2.05, 4.69) is 46.9 Å². The van der Waals surface area contributed by atoms with Crippen LogP contribution in [0.3, 0.4) is 0 Å². The number of carbonyl (C=O) groups is 1. The molecule has 1 heterocycles. The van der Waals surface area contributed by atoms with Crippen molar-refractivity contribution in [1.82, 2.24) is 5.32 Å². The minimum Gasteiger partial charge on any atom is -0.375 e. The predicted molar refractivity (Wildman–Crippen MR) is 114 cm³/mol. The SMILES string of the molecule is CC(C)CCOC1C2NC(=O)CC[C@]2(C)[C@@H]2CC[C@]3(C)CCC[C@H]3[C@@H]2C1(C)C. The lowest BCUT2D eigenvalue weighted by Gasteiger charge is -2.67. The highest BCUT2D eigenvalue weighted by molar-refractivity contribution is 5.77. The number of amides is 1. The molecule has 4 fully saturated rings. The van der Waals surface area contributed by atoms with Gasteiger partial charge in [-0.15, -0.1) is 0 Å². The van der Waals surface area contributed by atoms with Gasteiger partial charge in [0, 0.05) is 13.0 Å². The van der Waals surface area contributed by atoms with Crippen molar-refractivity contribution in [3.63, 3.8) is 0 Å². The summed E-state index contributed by atoms with van der Waals surface area (Å²) in [7, 11) is 0. The van der Waals surface area contributed by atoms with Crippen molar-refractivity contribution in [3.05, 3.63) is 0 Å². The molecule has 4 rings (SSSR count). The first kappa shape index (κ1) is 20.7. The highest BCUT2D eigenvalue weighted by Crippen LogP contribution is 2.68. The van der Waals surface area contributed by atoms with E-state index in [0.717, 1.165) is 25.4 Å². The molecule has 2 unspecified atom stereocenters. The third-order valence-electron chi connectivity index (χ3n) is 9.70. The summed E-state index contributed by atoms with van der Waals surface area (Å²) in [6.45, 7) is 15.3. The Labute approximate surface area is 172 Å². The first-order valence-electron chi connectivity index (χ1n) is 12.0. The van der Waals surface area contributed by atoms with E-state index in [0.29, 0.717) is 29.6 Å². The van der Waals surface area contributed by atoms with E-state index < -0.39 is 0 Å². The van der Waals surface area contributed by atoms with Crippen LogP contribution in [0.5, 0.6) is 0 Å². The number of nitrogens with one attached hydrogen (secondary N) is 1. The summed E-state index contributed by atoms with van der Waals surface area (Å²) in [6.07, 6.45) is 9.87. The molecular formula is C25H43NO2. The average Bonchev–Trinajstić information content (AvgIpc) is 3.00. The third kappa shape index (κ3) is 3.06. The molecule has 28 heavy (non-hydrogen) atoms. The van der Waals surface area contributed by atoms with Gasteiger partial charge in [0.2, 0.25) is 5.91 Å². The summed E-state index contributed by atoms with van der Waals surface area (Å²) >= 11 is 0. The molecule has 1 amide bonds. The molecule has 3 saturated carbocycles. The summed E-state index contributed by atoms with van der Waals surface area (Å²) in [5.41, 5.74) is 0.815. The molecule has 160 valence electrons. The molecule has 1 aliphatic heterocycles. The van der Waals surface area contributed by atoms with Gasteiger partial charge in [-0.2, -0.15) is 0 Å². The Morgan fingerprint density at radius 1 is 1.07 bits per heavy atom. The largest absolute Gasteiger partial charge is 0.375 e. The lowest BCUT2D eigenvalue weighted by atomic mass is 9.41. The van der Waals surface area contributed by atoms with Crippen LogP contribution in [0, 0.1) is 39.9 Å². The van der Waals surface area contributed by atoms with Gasteiger partial charge in [-0.3, -0.25) is 4.79 Å². The van der Waals surface area contributed by atoms with Gasteiger partial charge in [-0.25, -0.2) is 0 Å². The lowest BCUT2D eigenvalue weighted by Crippen LogP contribution is -2.72. The molecule has 4 aliphatic rings. The molecule has 3 nitrogen and oxygen atoms in total. The van der Waals surface area contributed by atoms with Gasteiger partial charge >= 0.3 is 0 Å². The number of fused-ring (bicyclic) bond motifs is 5. The highest BCUT2D eigenvalue weighted by atomic mass is 16.5. The molecule has 1 saturated heterocycles. The monoisotopic (exact) mass is 389 g/mol. The molecule has 0 aromatic heterocycles. The predicted octanol–water partition coefficient (Wildman–Crippen LogP) is 5.58. The summed E-state index contributed by atoms with van der Waals surface area (Å²) in [5.74, 6) is 3.14. The molecule has 0 aromatic rings. The van der Waals surface area contributed by atoms with Crippen molar-refractivity contribution in [3.8, 4) is 0 Å². The minimum atomic E-state index is 0.104. The van der Waals surface area contributed by atoms with Crippen LogP contribution in [0.15, 0.2) is 0 Å². The van der Waals surface area contributed by atoms with Gasteiger partial charge in [-0.1, -0.05) is 48.0 Å². The second kappa shape index (κ2) is 7.00. The zero-order chi connectivity index (χ0) is 20.3. The van der Waals surface area contributed by atoms with Gasteiger partial charge in [0.1, 0.15) is 0 Å². The van der Waals surface area contributed by atoms with Crippen molar-refractivity contribution >= 4 is 5.91 Å². The zero-order valence-electron chi connectivity index (χ0n) is 19.1. The molecule has 0 aromatic carbocycles. The second-order valence-corrected chi connectivity index (χ2v) is 12.2. The Morgan fingerprint density at radius 3 is 2.54 bits per heavy atom. The maximum Gasteiger partial charge on any atom is 0.220 e. The third-order valence-corrected chi connectivity index (χ3v) is 9.70. The van der Waals surface area contributed by atoms with Crippen LogP contribution in [-0.2, 0) is 9.53 Å². The number of hydrogen-bond donors (Lipinski definition) is 1. The molecule has 7 atom stereocenters. The van der Waals surface area contributed by atoms with E-state index >= 15 is 0 Å². The fourth-order valence-corrected chi connectivity index (χ4v) is 8.05. The van der Waals surface area contributed by atoms with Crippen molar-refractivity contribution in [1.29, 1.82) is 0 Å². The Kier molecular flexibility index (Phi) is 5.17. The summed E-state index contributed by atoms with van der Waals surface area (Å²) < 4.78 is 6.71. The number of rotatable bonds is 4. The zero-order valence-corrected chi connectivity index (χ0v) is 19.1. The van der Waals surface area contributed by atoms with Crippen LogP contribution < -0.4 is 5.32 Å². The van der Waals surface area contributed by atoms with Crippen molar-refractivity contribution in [2.45, 2.75) is 105 Å². The number of piperidine rings is 1. The van der Waals surface area contributed by atoms with Crippen LogP contribution >= 0.6 is 0 Å². The lowest BCUT2D eigenvalue weighted by molar-refractivity contribution is -0.216. The van der Waals surface area contributed by atoms with Gasteiger partial charge in [-0.05, 0) is 78.4 Å². The smallest absolute Gasteiger partial charge is 0.220 e. The van der Waals surface area contributed by atoms with Crippen molar-refractivity contribution < 1.29 is 9.53 Å². The Hall–Kier alpha value is -0.570. The van der Waals surface area contributed by atoms with E-state index in [4.69, 9.17) is 4.74 Å². The van der Waals surface area contributed by atoms with E-state index in [-0.39, 0.29) is 28.9 Å². The van der Waals surface area contributed by atoms with Gasteiger partial charge in [0.05, 0.1) is 12.1 Å². The maximum atomic E-state index is 12.4. The van der Waals surface area contributed by atoms with Gasteiger partial charge in [0.25, 0.3) is 0 Å². The summed E-state index contributed by atoms with van der Waals surface area (Å²) in [6, 6.07) is 0.169. The standard InChI is InChI=1S/C25H43NO2/c1-16(2)11-15-28-22-21-25(6,14-10-19(27)26-21)18-9-13-24(5)12-7-8-17(24)20(18)23(22,3)4/h16-18,20-22H,7-15H2,1-6H3,(H,26,27)/t17-,18+,20-,21?,22?,24-,25+/m0/s1. The van der Waals surface area contributed by atoms with Crippen LogP contribution in [0.1, 0.15) is 92.9 Å².